The van der Waals surface area contributed by atoms with Crippen molar-refractivity contribution in [2.45, 2.75) is 44.7 Å². The van der Waals surface area contributed by atoms with Crippen LogP contribution in [0.1, 0.15) is 26.0 Å². The molecule has 0 saturated carbocycles. The van der Waals surface area contributed by atoms with E-state index in [2.05, 4.69) is 20.6 Å². The molecule has 11 nitrogen and oxygen atoms in total. The number of nitrogen functional groups attached to an aromatic ring is 1. The summed E-state index contributed by atoms with van der Waals surface area (Å²) in [6.45, 7) is 1.22. The van der Waals surface area contributed by atoms with Crippen LogP contribution in [0.15, 0.2) is 11.0 Å². The average molecular weight is 389 g/mol. The Balaban J connectivity index is 2.10. The smallest absolute Gasteiger partial charge is 0.333 e. The van der Waals surface area contributed by atoms with E-state index in [1.165, 1.54) is 29.4 Å². The minimum Gasteiger partial charge on any atom is -0.469 e. The van der Waals surface area contributed by atoms with Gasteiger partial charge >= 0.3 is 17.6 Å². The van der Waals surface area contributed by atoms with Crippen LogP contribution in [0.3, 0.4) is 0 Å². The molecule has 1 saturated heterocycles. The summed E-state index contributed by atoms with van der Waals surface area (Å²) in [5.74, 6) is 1.31. The first-order valence-electron chi connectivity index (χ1n) is 8.42. The Morgan fingerprint density at radius 2 is 2.25 bits per heavy atom. The molecule has 3 atom stereocenters. The molecule has 0 radical (unpaired) electrons. The molecule has 1 fully saturated rings. The number of fused-ring (bicyclic) bond motifs is 1. The van der Waals surface area contributed by atoms with Crippen molar-refractivity contribution in [2.75, 3.05) is 12.8 Å². The largest absolute Gasteiger partial charge is 0.469 e. The number of methoxy groups -OCH3 is 1. The number of hydrogen-bond donors (Lipinski definition) is 1. The lowest BCUT2D eigenvalue weighted by Gasteiger charge is -2.19. The maximum Gasteiger partial charge on any atom is 0.333 e. The molecule has 2 aromatic heterocycles. The number of ether oxygens (including phenoxy) is 3. The number of terminal acetylenes is 1. The summed E-state index contributed by atoms with van der Waals surface area (Å²) in [6, 6.07) is 0. The molecule has 0 spiro atoms. The van der Waals surface area contributed by atoms with Crippen LogP contribution in [0, 0.1) is 12.3 Å². The molecule has 28 heavy (non-hydrogen) atoms. The molecule has 0 amide bonds. The molecule has 1 aliphatic rings. The second-order valence-corrected chi connectivity index (χ2v) is 6.19. The lowest BCUT2D eigenvalue weighted by atomic mass is 10.1. The molecule has 1 aliphatic heterocycles. The third-order valence-corrected chi connectivity index (χ3v) is 4.31. The molecular weight excluding hydrogens is 370 g/mol. The molecule has 0 unspecified atom stereocenters. The predicted octanol–water partition coefficient (Wildman–Crippen LogP) is -0.409. The van der Waals surface area contributed by atoms with Gasteiger partial charge in [0.05, 0.1) is 32.4 Å². The van der Waals surface area contributed by atoms with Crippen LogP contribution in [-0.2, 0) is 30.3 Å². The highest BCUT2D eigenvalue weighted by Crippen LogP contribution is 2.34. The zero-order valence-electron chi connectivity index (χ0n) is 15.3. The molecule has 2 aromatic rings. The van der Waals surface area contributed by atoms with Crippen molar-refractivity contribution >= 4 is 29.1 Å². The van der Waals surface area contributed by atoms with E-state index >= 15 is 0 Å². The van der Waals surface area contributed by atoms with Gasteiger partial charge in [0.15, 0.2) is 11.9 Å². The lowest BCUT2D eigenvalue weighted by molar-refractivity contribution is -0.153. The van der Waals surface area contributed by atoms with Gasteiger partial charge in [-0.3, -0.25) is 14.2 Å². The van der Waals surface area contributed by atoms with Gasteiger partial charge < -0.3 is 19.9 Å². The van der Waals surface area contributed by atoms with E-state index < -0.39 is 36.1 Å². The topological polar surface area (TPSA) is 141 Å². The Hall–Kier alpha value is -3.39. The van der Waals surface area contributed by atoms with Gasteiger partial charge in [-0.2, -0.15) is 4.98 Å². The molecule has 3 heterocycles. The van der Waals surface area contributed by atoms with Gasteiger partial charge in [0.25, 0.3) is 0 Å². The quantitative estimate of drug-likeness (QED) is 0.533. The van der Waals surface area contributed by atoms with E-state index in [1.54, 1.807) is 0 Å². The van der Waals surface area contributed by atoms with Crippen molar-refractivity contribution in [3.63, 3.8) is 0 Å². The standard InChI is InChI=1S/C17H19N5O6/c1-4-5-21-11-8-19-16(18)20-14(11)22(17(21)25)15-12(27-9(2)23)6-10(28-15)7-13(24)26-3/h1,8,10,12,15H,5-7H2,2-3H3,(H2,18,19,20)/t10-,12+,15+/m0/s1. The van der Waals surface area contributed by atoms with E-state index in [0.29, 0.717) is 5.52 Å². The molecule has 148 valence electrons. The zero-order valence-corrected chi connectivity index (χ0v) is 15.3. The maximum absolute atomic E-state index is 13.0. The second kappa shape index (κ2) is 7.69. The van der Waals surface area contributed by atoms with Gasteiger partial charge in [-0.25, -0.2) is 14.3 Å². The molecule has 0 aromatic carbocycles. The van der Waals surface area contributed by atoms with Crippen molar-refractivity contribution in [3.8, 4) is 12.3 Å². The summed E-state index contributed by atoms with van der Waals surface area (Å²) in [7, 11) is 1.26. The van der Waals surface area contributed by atoms with Crippen LogP contribution in [0.2, 0.25) is 0 Å². The van der Waals surface area contributed by atoms with E-state index in [4.69, 9.17) is 21.6 Å². The molecule has 0 bridgehead atoms. The van der Waals surface area contributed by atoms with Gasteiger partial charge in [0, 0.05) is 13.3 Å². The number of nitrogens with two attached hydrogens (primary N) is 1. The second-order valence-electron chi connectivity index (χ2n) is 6.19. The van der Waals surface area contributed by atoms with Crippen molar-refractivity contribution in [2.24, 2.45) is 0 Å². The fourth-order valence-electron chi connectivity index (χ4n) is 3.21. The Kier molecular flexibility index (Phi) is 5.32. The normalized spacial score (nSPS) is 21.4. The Morgan fingerprint density at radius 3 is 2.89 bits per heavy atom. The van der Waals surface area contributed by atoms with E-state index in [-0.39, 0.29) is 31.0 Å². The van der Waals surface area contributed by atoms with Crippen LogP contribution in [0.4, 0.5) is 5.95 Å². The average Bonchev–Trinajstić information content (AvgIpc) is 3.12. The third kappa shape index (κ3) is 3.54. The summed E-state index contributed by atoms with van der Waals surface area (Å²) >= 11 is 0. The number of anilines is 1. The summed E-state index contributed by atoms with van der Waals surface area (Å²) in [6.07, 6.45) is 4.45. The number of hydrogen-bond acceptors (Lipinski definition) is 9. The predicted molar refractivity (Wildman–Crippen MR) is 95.7 cm³/mol. The Labute approximate surface area is 159 Å². The first-order chi connectivity index (χ1) is 13.3. The van der Waals surface area contributed by atoms with Gasteiger partial charge in [0.1, 0.15) is 11.6 Å². The fourth-order valence-corrected chi connectivity index (χ4v) is 3.21. The first-order valence-corrected chi connectivity index (χ1v) is 8.42. The van der Waals surface area contributed by atoms with Gasteiger partial charge in [0.2, 0.25) is 5.95 Å². The van der Waals surface area contributed by atoms with Crippen LogP contribution >= 0.6 is 0 Å². The number of nitrogens with zero attached hydrogens (tertiary/aromatic N) is 4. The zero-order chi connectivity index (χ0) is 20.4. The van der Waals surface area contributed by atoms with E-state index in [9.17, 15) is 14.4 Å². The number of imidazole rings is 1. The number of rotatable bonds is 5. The fraction of sp³-hybridized carbons (Fsp3) is 0.471. The number of carbonyl (C=O) groups is 2. The number of aromatic nitrogens is 4. The Bertz CT molecular complexity index is 1020. The minimum atomic E-state index is -1.01. The molecule has 3 rings (SSSR count). The SMILES string of the molecule is C#CCn1c(=O)n([C@@H]2O[C@H](CC(=O)OC)C[C@H]2OC(C)=O)c2nc(N)ncc21. The Morgan fingerprint density at radius 1 is 1.50 bits per heavy atom. The van der Waals surface area contributed by atoms with Crippen molar-refractivity contribution in [3.05, 3.63) is 16.7 Å². The third-order valence-electron chi connectivity index (χ3n) is 4.31. The highest BCUT2D eigenvalue weighted by molar-refractivity contribution is 5.72. The molecular formula is C17H19N5O6. The first kappa shape index (κ1) is 19.4. The summed E-state index contributed by atoms with van der Waals surface area (Å²) < 4.78 is 18.4. The van der Waals surface area contributed by atoms with Crippen LogP contribution < -0.4 is 11.4 Å². The van der Waals surface area contributed by atoms with Gasteiger partial charge in [-0.05, 0) is 0 Å². The minimum absolute atomic E-state index is 0.0217. The summed E-state index contributed by atoms with van der Waals surface area (Å²) in [4.78, 5) is 44.2. The van der Waals surface area contributed by atoms with Crippen molar-refractivity contribution < 1.29 is 23.8 Å². The summed E-state index contributed by atoms with van der Waals surface area (Å²) in [5.41, 5.74) is 5.71. The molecule has 0 aliphatic carbocycles. The molecule has 2 N–H and O–H groups in total. The number of esters is 2. The van der Waals surface area contributed by atoms with Crippen LogP contribution in [0.25, 0.3) is 11.2 Å². The lowest BCUT2D eigenvalue weighted by Crippen LogP contribution is -2.33. The maximum atomic E-state index is 13.0. The van der Waals surface area contributed by atoms with Crippen molar-refractivity contribution in [1.82, 2.24) is 19.1 Å². The van der Waals surface area contributed by atoms with E-state index in [0.717, 1.165) is 0 Å². The highest BCUT2D eigenvalue weighted by atomic mass is 16.6. The van der Waals surface area contributed by atoms with Crippen LogP contribution in [-0.4, -0.2) is 50.4 Å². The highest BCUT2D eigenvalue weighted by Gasteiger charge is 2.42. The summed E-state index contributed by atoms with van der Waals surface area (Å²) in [5, 5.41) is 0. The monoisotopic (exact) mass is 389 g/mol. The van der Waals surface area contributed by atoms with E-state index in [1.807, 2.05) is 0 Å². The van der Waals surface area contributed by atoms with Crippen molar-refractivity contribution in [1.29, 1.82) is 0 Å². The number of carbonyl (C=O) groups excluding carboxylic acids is 2. The van der Waals surface area contributed by atoms with Gasteiger partial charge in [-0.15, -0.1) is 6.42 Å². The molecule has 11 heteroatoms. The van der Waals surface area contributed by atoms with Crippen LogP contribution in [0.5, 0.6) is 0 Å². The van der Waals surface area contributed by atoms with Gasteiger partial charge in [-0.1, -0.05) is 5.92 Å².